The van der Waals surface area contributed by atoms with Gasteiger partial charge in [0.15, 0.2) is 5.82 Å². The van der Waals surface area contributed by atoms with E-state index in [0.717, 1.165) is 55.6 Å². The van der Waals surface area contributed by atoms with E-state index in [4.69, 9.17) is 4.74 Å². The number of ether oxygens (including phenoxy) is 1. The predicted octanol–water partition coefficient (Wildman–Crippen LogP) is 2.61. The van der Waals surface area contributed by atoms with Gasteiger partial charge in [0.2, 0.25) is 5.91 Å². The zero-order valence-electron chi connectivity index (χ0n) is 19.7. The summed E-state index contributed by atoms with van der Waals surface area (Å²) in [5.41, 5.74) is 4.87. The van der Waals surface area contributed by atoms with E-state index in [1.54, 1.807) is 19.5 Å². The molecular formula is C25H32N6O2. The van der Waals surface area contributed by atoms with E-state index in [-0.39, 0.29) is 5.91 Å². The Morgan fingerprint density at radius 1 is 1.12 bits per heavy atom. The molecular weight excluding hydrogens is 416 g/mol. The molecule has 0 spiro atoms. The first-order valence-corrected chi connectivity index (χ1v) is 11.5. The van der Waals surface area contributed by atoms with Crippen LogP contribution in [0.2, 0.25) is 0 Å². The zero-order chi connectivity index (χ0) is 23.2. The maximum absolute atomic E-state index is 12.3. The molecule has 3 aromatic rings. The van der Waals surface area contributed by atoms with Crippen molar-refractivity contribution in [2.45, 2.75) is 52.7 Å². The van der Waals surface area contributed by atoms with Crippen molar-refractivity contribution in [3.05, 3.63) is 70.6 Å². The number of nitrogens with zero attached hydrogens (tertiary/aromatic N) is 5. The first-order chi connectivity index (χ1) is 16.0. The molecule has 33 heavy (non-hydrogen) atoms. The summed E-state index contributed by atoms with van der Waals surface area (Å²) in [7, 11) is 1.71. The number of amides is 1. The second-order valence-corrected chi connectivity index (χ2v) is 8.53. The van der Waals surface area contributed by atoms with Gasteiger partial charge in [0.25, 0.3) is 0 Å². The van der Waals surface area contributed by atoms with Gasteiger partial charge in [-0.15, -0.1) is 10.2 Å². The highest BCUT2D eigenvalue weighted by Gasteiger charge is 2.20. The monoisotopic (exact) mass is 448 g/mol. The van der Waals surface area contributed by atoms with Gasteiger partial charge in [-0.25, -0.2) is 0 Å². The fourth-order valence-electron chi connectivity index (χ4n) is 4.27. The van der Waals surface area contributed by atoms with E-state index < -0.39 is 0 Å². The minimum atomic E-state index is 0.0109. The SMILES string of the molecule is COc1ccc(CN2CCc3nnc(CNC(=O)CCc4cccnc4)n3CC2)c(C)c1C. The normalized spacial score (nSPS) is 13.9. The van der Waals surface area contributed by atoms with Gasteiger partial charge < -0.3 is 14.6 Å². The Balaban J connectivity index is 1.31. The minimum Gasteiger partial charge on any atom is -0.496 e. The zero-order valence-corrected chi connectivity index (χ0v) is 19.7. The van der Waals surface area contributed by atoms with Crippen LogP contribution in [-0.4, -0.2) is 50.8 Å². The lowest BCUT2D eigenvalue weighted by atomic mass is 10.0. The molecule has 1 aliphatic rings. The average molecular weight is 449 g/mol. The van der Waals surface area contributed by atoms with Crippen LogP contribution < -0.4 is 10.1 Å². The lowest BCUT2D eigenvalue weighted by Gasteiger charge is -2.22. The molecule has 174 valence electrons. The van der Waals surface area contributed by atoms with E-state index in [1.165, 1.54) is 16.7 Å². The lowest BCUT2D eigenvalue weighted by molar-refractivity contribution is -0.121. The van der Waals surface area contributed by atoms with Crippen molar-refractivity contribution in [1.29, 1.82) is 0 Å². The highest BCUT2D eigenvalue weighted by molar-refractivity contribution is 5.76. The number of benzene rings is 1. The quantitative estimate of drug-likeness (QED) is 0.570. The topological polar surface area (TPSA) is 85.2 Å². The number of hydrogen-bond donors (Lipinski definition) is 1. The molecule has 0 saturated carbocycles. The molecule has 4 rings (SSSR count). The molecule has 1 amide bonds. The Bertz CT molecular complexity index is 1100. The van der Waals surface area contributed by atoms with Gasteiger partial charge in [-0.05, 0) is 54.7 Å². The Morgan fingerprint density at radius 2 is 2.00 bits per heavy atom. The Morgan fingerprint density at radius 3 is 2.79 bits per heavy atom. The van der Waals surface area contributed by atoms with Crippen LogP contribution in [0.25, 0.3) is 0 Å². The van der Waals surface area contributed by atoms with E-state index in [1.807, 2.05) is 12.1 Å². The fourth-order valence-corrected chi connectivity index (χ4v) is 4.27. The van der Waals surface area contributed by atoms with Crippen LogP contribution >= 0.6 is 0 Å². The van der Waals surface area contributed by atoms with Crippen molar-refractivity contribution in [3.8, 4) is 5.75 Å². The second-order valence-electron chi connectivity index (χ2n) is 8.53. The molecule has 0 atom stereocenters. The smallest absolute Gasteiger partial charge is 0.220 e. The summed E-state index contributed by atoms with van der Waals surface area (Å²) in [5.74, 6) is 2.75. The summed E-state index contributed by atoms with van der Waals surface area (Å²) >= 11 is 0. The highest BCUT2D eigenvalue weighted by Crippen LogP contribution is 2.25. The highest BCUT2D eigenvalue weighted by atomic mass is 16.5. The van der Waals surface area contributed by atoms with E-state index >= 15 is 0 Å². The molecule has 1 N–H and O–H groups in total. The first kappa shape index (κ1) is 22.9. The van der Waals surface area contributed by atoms with E-state index in [0.29, 0.717) is 19.4 Å². The molecule has 0 bridgehead atoms. The summed E-state index contributed by atoms with van der Waals surface area (Å²) in [5, 5.41) is 11.7. The van der Waals surface area contributed by atoms with Crippen molar-refractivity contribution in [3.63, 3.8) is 0 Å². The molecule has 3 heterocycles. The van der Waals surface area contributed by atoms with Crippen LogP contribution in [0.1, 0.15) is 40.3 Å². The summed E-state index contributed by atoms with van der Waals surface area (Å²) in [4.78, 5) is 18.9. The number of hydrogen-bond acceptors (Lipinski definition) is 6. The van der Waals surface area contributed by atoms with Crippen molar-refractivity contribution < 1.29 is 9.53 Å². The van der Waals surface area contributed by atoms with Crippen LogP contribution in [0.3, 0.4) is 0 Å². The Kier molecular flexibility index (Phi) is 7.34. The van der Waals surface area contributed by atoms with Gasteiger partial charge >= 0.3 is 0 Å². The summed E-state index contributed by atoms with van der Waals surface area (Å²) in [6, 6.07) is 8.09. The summed E-state index contributed by atoms with van der Waals surface area (Å²) < 4.78 is 7.61. The van der Waals surface area contributed by atoms with Gasteiger partial charge in [0, 0.05) is 51.4 Å². The standard InChI is InChI=1S/C25H32N6O2/c1-18-19(2)22(33-3)8-7-21(18)17-30-12-10-23-28-29-24(31(23)14-13-30)16-27-25(32)9-6-20-5-4-11-26-15-20/h4-5,7-8,11,15H,6,9-10,12-14,16-17H2,1-3H3,(H,27,32). The Hall–Kier alpha value is -3.26. The minimum absolute atomic E-state index is 0.0109. The molecule has 1 aliphatic heterocycles. The second kappa shape index (κ2) is 10.6. The molecule has 1 aromatic carbocycles. The van der Waals surface area contributed by atoms with Crippen LogP contribution in [-0.2, 0) is 37.3 Å². The van der Waals surface area contributed by atoms with E-state index in [9.17, 15) is 4.79 Å². The van der Waals surface area contributed by atoms with E-state index in [2.05, 4.69) is 55.9 Å². The number of rotatable bonds is 8. The number of methoxy groups -OCH3 is 1. The number of carbonyl (C=O) groups is 1. The number of aryl methyl sites for hydroxylation is 1. The molecule has 8 nitrogen and oxygen atoms in total. The third kappa shape index (κ3) is 5.57. The summed E-state index contributed by atoms with van der Waals surface area (Å²) in [6.45, 7) is 8.23. The average Bonchev–Trinajstić information content (AvgIpc) is 3.12. The third-order valence-corrected chi connectivity index (χ3v) is 6.47. The number of fused-ring (bicyclic) bond motifs is 1. The van der Waals surface area contributed by atoms with Crippen molar-refractivity contribution in [1.82, 2.24) is 30.0 Å². The van der Waals surface area contributed by atoms with Crippen LogP contribution in [0.4, 0.5) is 0 Å². The molecule has 0 radical (unpaired) electrons. The number of aromatic nitrogens is 4. The predicted molar refractivity (Wildman–Crippen MR) is 126 cm³/mol. The molecule has 0 fully saturated rings. The Labute approximate surface area is 195 Å². The molecule has 0 saturated heterocycles. The fraction of sp³-hybridized carbons (Fsp3) is 0.440. The van der Waals surface area contributed by atoms with Crippen LogP contribution in [0.15, 0.2) is 36.7 Å². The molecule has 0 aliphatic carbocycles. The van der Waals surface area contributed by atoms with Crippen LogP contribution in [0, 0.1) is 13.8 Å². The number of pyridine rings is 1. The van der Waals surface area contributed by atoms with Gasteiger partial charge in [-0.2, -0.15) is 0 Å². The molecule has 8 heteroatoms. The van der Waals surface area contributed by atoms with Gasteiger partial charge in [0.1, 0.15) is 11.6 Å². The maximum Gasteiger partial charge on any atom is 0.220 e. The first-order valence-electron chi connectivity index (χ1n) is 11.5. The van der Waals surface area contributed by atoms with Gasteiger partial charge in [-0.1, -0.05) is 12.1 Å². The maximum atomic E-state index is 12.3. The third-order valence-electron chi connectivity index (χ3n) is 6.47. The van der Waals surface area contributed by atoms with Crippen molar-refractivity contribution >= 4 is 5.91 Å². The number of carbonyl (C=O) groups excluding carboxylic acids is 1. The van der Waals surface area contributed by atoms with Crippen LogP contribution in [0.5, 0.6) is 5.75 Å². The van der Waals surface area contributed by atoms with Crippen molar-refractivity contribution in [2.75, 3.05) is 20.2 Å². The summed E-state index contributed by atoms with van der Waals surface area (Å²) in [6.07, 6.45) is 5.49. The van der Waals surface area contributed by atoms with Crippen molar-refractivity contribution in [2.24, 2.45) is 0 Å². The number of nitrogens with one attached hydrogen (secondary N) is 1. The largest absolute Gasteiger partial charge is 0.496 e. The van der Waals surface area contributed by atoms with Gasteiger partial charge in [0.05, 0.1) is 13.7 Å². The molecule has 0 unspecified atom stereocenters. The van der Waals surface area contributed by atoms with Gasteiger partial charge in [-0.3, -0.25) is 14.7 Å². The lowest BCUT2D eigenvalue weighted by Crippen LogP contribution is -2.28. The molecule has 2 aromatic heterocycles.